The van der Waals surface area contributed by atoms with E-state index in [1.165, 1.54) is 19.2 Å². The second kappa shape index (κ2) is 15.9. The Kier molecular flexibility index (Phi) is 12.1. The zero-order valence-corrected chi connectivity index (χ0v) is 29.2. The molecule has 274 valence electrons. The van der Waals surface area contributed by atoms with Crippen molar-refractivity contribution in [3.05, 3.63) is 59.4 Å². The van der Waals surface area contributed by atoms with Crippen molar-refractivity contribution in [2.45, 2.75) is 38.0 Å². The zero-order chi connectivity index (χ0) is 37.7. The lowest BCUT2D eigenvalue weighted by Gasteiger charge is -2.50. The van der Waals surface area contributed by atoms with Crippen LogP contribution in [-0.2, 0) is 41.0 Å². The van der Waals surface area contributed by atoms with Gasteiger partial charge in [-0.1, -0.05) is 17.3 Å². The second-order valence-electron chi connectivity index (χ2n) is 11.8. The van der Waals surface area contributed by atoms with Crippen LogP contribution in [0.3, 0.4) is 0 Å². The number of oxime groups is 1. The van der Waals surface area contributed by atoms with Gasteiger partial charge in [-0.2, -0.15) is 18.0 Å². The molecule has 0 radical (unpaired) electrons. The number of carbonyl (C=O) groups excluding carboxylic acids is 3. The first-order valence-electron chi connectivity index (χ1n) is 15.1. The molecular weight excluding hydrogens is 713 g/mol. The van der Waals surface area contributed by atoms with Gasteiger partial charge in [0.1, 0.15) is 25.1 Å². The number of nitrogens with zero attached hydrogens (tertiary/aromatic N) is 4. The molecule has 9 N–H and O–H groups in total. The average molecular weight is 750 g/mol. The Hall–Kier alpha value is -5.06. The number of β-lactam (4-membered cyclic amide) rings is 1. The predicted molar refractivity (Wildman–Crippen MR) is 180 cm³/mol. The molecule has 1 fully saturated rings. The van der Waals surface area contributed by atoms with Crippen molar-refractivity contribution in [3.8, 4) is 16.9 Å². The largest absolute Gasteiger partial charge is 0.489 e. The van der Waals surface area contributed by atoms with E-state index in [2.05, 4.69) is 19.7 Å². The number of carboxylic acids is 1. The third kappa shape index (κ3) is 9.39. The minimum absolute atomic E-state index is 0.0452. The summed E-state index contributed by atoms with van der Waals surface area (Å²) in [7, 11) is -3.29. The first-order chi connectivity index (χ1) is 23.9. The van der Waals surface area contributed by atoms with Crippen molar-refractivity contribution in [1.29, 1.82) is 0 Å². The van der Waals surface area contributed by atoms with Crippen LogP contribution >= 0.6 is 11.3 Å². The van der Waals surface area contributed by atoms with Crippen LogP contribution in [0, 0.1) is 5.92 Å². The number of anilines is 1. The minimum atomic E-state index is -5.01. The van der Waals surface area contributed by atoms with E-state index in [1.54, 1.807) is 54.2 Å². The van der Waals surface area contributed by atoms with E-state index >= 15 is 0 Å². The Morgan fingerprint density at radius 2 is 1.78 bits per heavy atom. The van der Waals surface area contributed by atoms with Crippen LogP contribution in [0.2, 0.25) is 0 Å². The molecule has 0 unspecified atom stereocenters. The van der Waals surface area contributed by atoms with Gasteiger partial charge < -0.3 is 37.2 Å². The van der Waals surface area contributed by atoms with Crippen LogP contribution in [0.15, 0.2) is 53.1 Å². The number of ketones is 1. The molecule has 4 rings (SSSR count). The van der Waals surface area contributed by atoms with Gasteiger partial charge >= 0.3 is 22.3 Å². The number of nitrogen functional groups attached to an aromatic ring is 1. The Labute approximate surface area is 295 Å². The van der Waals surface area contributed by atoms with E-state index in [9.17, 15) is 32.7 Å². The topological polar surface area (TPSA) is 293 Å². The van der Waals surface area contributed by atoms with E-state index in [-0.39, 0.29) is 35.9 Å². The molecule has 0 spiro atoms. The highest BCUT2D eigenvalue weighted by Crippen LogP contribution is 2.40. The fourth-order valence-electron chi connectivity index (χ4n) is 4.95. The maximum atomic E-state index is 13.4. The van der Waals surface area contributed by atoms with Gasteiger partial charge in [0.25, 0.3) is 17.7 Å². The van der Waals surface area contributed by atoms with Crippen LogP contribution in [0.1, 0.15) is 36.5 Å². The minimum Gasteiger partial charge on any atom is -0.489 e. The van der Waals surface area contributed by atoms with Crippen LogP contribution in [-0.4, -0.2) is 94.8 Å². The number of benzene rings is 1. The summed E-state index contributed by atoms with van der Waals surface area (Å²) in [4.78, 5) is 59.8. The Balaban J connectivity index is 1.43. The summed E-state index contributed by atoms with van der Waals surface area (Å²) in [5, 5.41) is 18.2. The molecule has 19 nitrogen and oxygen atoms in total. The maximum Gasteiger partial charge on any atom is 0.418 e. The highest BCUT2D eigenvalue weighted by Gasteiger charge is 2.57. The lowest BCUT2D eigenvalue weighted by molar-refractivity contribution is -0.673. The Bertz CT molecular complexity index is 1930. The number of hydrogen-bond donors (Lipinski definition) is 6. The number of carbonyl (C=O) groups is 4. The lowest BCUT2D eigenvalue weighted by atomic mass is 9.74. The van der Waals surface area contributed by atoms with E-state index in [1.807, 2.05) is 0 Å². The quantitative estimate of drug-likeness (QED) is 0.0331. The van der Waals surface area contributed by atoms with Gasteiger partial charge in [0.05, 0.1) is 17.5 Å². The molecule has 1 saturated heterocycles. The van der Waals surface area contributed by atoms with Crippen molar-refractivity contribution in [1.82, 2.24) is 15.4 Å². The summed E-state index contributed by atoms with van der Waals surface area (Å²) in [6.07, 6.45) is -0.453. The van der Waals surface area contributed by atoms with Gasteiger partial charge in [-0.15, -0.1) is 15.6 Å². The third-order valence-corrected chi connectivity index (χ3v) is 8.88. The van der Waals surface area contributed by atoms with Crippen LogP contribution in [0.5, 0.6) is 5.75 Å². The molecular formula is C30H37N8O11S2+. The highest BCUT2D eigenvalue weighted by molar-refractivity contribution is 7.80. The monoisotopic (exact) mass is 749 g/mol. The molecule has 3 heterocycles. The molecule has 51 heavy (non-hydrogen) atoms. The van der Waals surface area contributed by atoms with Crippen LogP contribution in [0.4, 0.5) is 5.13 Å². The normalized spacial score (nSPS) is 16.4. The Morgan fingerprint density at radius 1 is 1.14 bits per heavy atom. The Morgan fingerprint density at radius 3 is 2.31 bits per heavy atom. The summed E-state index contributed by atoms with van der Waals surface area (Å²) < 4.78 is 42.9. The average Bonchev–Trinajstić information content (AvgIpc) is 3.51. The maximum absolute atomic E-state index is 13.4. The number of amides is 2. The number of pyridine rings is 1. The fraction of sp³-hybridized carbons (Fsp3) is 0.367. The molecule has 3 aromatic rings. The predicted octanol–water partition coefficient (Wildman–Crippen LogP) is -0.584. The van der Waals surface area contributed by atoms with Crippen molar-refractivity contribution in [2.75, 3.05) is 25.4 Å². The van der Waals surface area contributed by atoms with E-state index < -0.39 is 64.4 Å². The van der Waals surface area contributed by atoms with Crippen molar-refractivity contribution in [3.63, 3.8) is 0 Å². The number of carboxylic acid groups (broad SMARTS) is 1. The number of rotatable bonds is 17. The van der Waals surface area contributed by atoms with Gasteiger partial charge in [0.2, 0.25) is 0 Å². The number of ether oxygens (including phenoxy) is 1. The number of nitrogens with two attached hydrogens (primary N) is 3. The standard InChI is InChI=1S/C30H36N8O11S2/c1-30(2)20(27(41)38(30)49-51(44,45)46)10-23(39)25(21-15-50-29(33)35-21)36-48-24(28(42)43)14-47-19-7-4-16(5-8-19)17-6-9-22(37(3)13-17)26(40)34-18(11-31)12-32/h4-9,13,15,18,20,24H,10-12,14,31-32H2,1-3H3,(H4-,33,34,35,40,42,43,44,45,46)/p+1/b36-25-/t20-,24+/m1/s1. The molecule has 0 saturated carbocycles. The molecule has 1 aromatic carbocycles. The van der Waals surface area contributed by atoms with Crippen molar-refractivity contribution in [2.24, 2.45) is 29.6 Å². The summed E-state index contributed by atoms with van der Waals surface area (Å²) in [5.41, 5.74) is 17.1. The highest BCUT2D eigenvalue weighted by atomic mass is 32.3. The van der Waals surface area contributed by atoms with Gasteiger partial charge in [0, 0.05) is 36.5 Å². The van der Waals surface area contributed by atoms with Crippen molar-refractivity contribution >= 4 is 56.1 Å². The first-order valence-corrected chi connectivity index (χ1v) is 17.4. The number of nitrogens with one attached hydrogen (secondary N) is 1. The first kappa shape index (κ1) is 38.7. The molecule has 1 aliphatic heterocycles. The van der Waals surface area contributed by atoms with Gasteiger partial charge in [0.15, 0.2) is 22.8 Å². The van der Waals surface area contributed by atoms with Gasteiger partial charge in [-0.3, -0.25) is 18.9 Å². The number of thiazole rings is 1. The molecule has 2 atom stereocenters. The van der Waals surface area contributed by atoms with Gasteiger partial charge in [-0.05, 0) is 37.6 Å². The SMILES string of the molecule is C[n+]1cc(-c2ccc(OC[C@H](O/N=C(\C(=O)C[C@@H]3C(=O)N(OS(=O)(=O)O)C3(C)C)c3csc(N)n3)C(=O)O)cc2)ccc1C(=O)NC(CN)CN. The number of hydroxylamine groups is 2. The molecule has 1 aliphatic rings. The zero-order valence-electron chi connectivity index (χ0n) is 27.6. The number of aliphatic carboxylic acids is 1. The second-order valence-corrected chi connectivity index (χ2v) is 13.7. The lowest BCUT2D eigenvalue weighted by Crippen LogP contribution is -2.68. The summed E-state index contributed by atoms with van der Waals surface area (Å²) in [5.74, 6) is -4.29. The molecule has 0 aliphatic carbocycles. The van der Waals surface area contributed by atoms with Crippen LogP contribution < -0.4 is 31.8 Å². The van der Waals surface area contributed by atoms with Gasteiger partial charge in [-0.25, -0.2) is 9.78 Å². The number of aromatic nitrogens is 2. The van der Waals surface area contributed by atoms with Crippen LogP contribution in [0.25, 0.3) is 11.1 Å². The summed E-state index contributed by atoms with van der Waals surface area (Å²) in [6.45, 7) is 2.71. The number of aryl methyl sites for hydroxylation is 1. The number of hydrogen-bond acceptors (Lipinski definition) is 15. The number of Topliss-reactive ketones (excluding diaryl/α,β-unsaturated/α-hetero) is 1. The molecule has 2 amide bonds. The summed E-state index contributed by atoms with van der Waals surface area (Å²) in [6, 6.07) is 9.73. The molecule has 2 aromatic heterocycles. The van der Waals surface area contributed by atoms with E-state index in [0.717, 1.165) is 22.5 Å². The third-order valence-electron chi connectivity index (χ3n) is 7.87. The molecule has 0 bridgehead atoms. The van der Waals surface area contributed by atoms with Crippen molar-refractivity contribution < 1.29 is 55.7 Å². The fourth-order valence-corrected chi connectivity index (χ4v) is 5.95. The van der Waals surface area contributed by atoms with E-state index in [0.29, 0.717) is 16.5 Å². The van der Waals surface area contributed by atoms with E-state index in [4.69, 9.17) is 31.3 Å². The smallest absolute Gasteiger partial charge is 0.418 e. The molecule has 21 heteroatoms. The summed E-state index contributed by atoms with van der Waals surface area (Å²) >= 11 is 0.970.